The summed E-state index contributed by atoms with van der Waals surface area (Å²) in [6.07, 6.45) is 0.612. The summed E-state index contributed by atoms with van der Waals surface area (Å²) < 4.78 is 18.2. The lowest BCUT2D eigenvalue weighted by molar-refractivity contribution is 0.141. The number of hydrogen-bond donors (Lipinski definition) is 1. The SMILES string of the molecule is COCc1ccc(CCON)cc1F. The lowest BCUT2D eigenvalue weighted by Gasteiger charge is -2.04. The van der Waals surface area contributed by atoms with E-state index < -0.39 is 0 Å². The van der Waals surface area contributed by atoms with Crippen LogP contribution in [-0.4, -0.2) is 13.7 Å². The van der Waals surface area contributed by atoms with Crippen molar-refractivity contribution in [2.75, 3.05) is 13.7 Å². The van der Waals surface area contributed by atoms with Crippen molar-refractivity contribution in [3.63, 3.8) is 0 Å². The number of methoxy groups -OCH3 is 1. The summed E-state index contributed by atoms with van der Waals surface area (Å²) in [5, 5.41) is 0. The second-order valence-corrected chi connectivity index (χ2v) is 2.98. The Morgan fingerprint density at radius 2 is 2.21 bits per heavy atom. The van der Waals surface area contributed by atoms with Crippen LogP contribution in [0.25, 0.3) is 0 Å². The van der Waals surface area contributed by atoms with Crippen LogP contribution in [0.1, 0.15) is 11.1 Å². The molecule has 0 saturated carbocycles. The first-order chi connectivity index (χ1) is 6.77. The summed E-state index contributed by atoms with van der Waals surface area (Å²) in [5.74, 6) is 4.63. The van der Waals surface area contributed by atoms with E-state index >= 15 is 0 Å². The van der Waals surface area contributed by atoms with Crippen LogP contribution in [0.4, 0.5) is 4.39 Å². The molecule has 14 heavy (non-hydrogen) atoms. The number of hydrogen-bond acceptors (Lipinski definition) is 3. The highest BCUT2D eigenvalue weighted by Gasteiger charge is 2.02. The average Bonchev–Trinajstić information content (AvgIpc) is 2.19. The first-order valence-electron chi connectivity index (χ1n) is 4.36. The number of ether oxygens (including phenoxy) is 1. The van der Waals surface area contributed by atoms with Gasteiger partial charge in [-0.15, -0.1) is 0 Å². The first-order valence-corrected chi connectivity index (χ1v) is 4.36. The maximum absolute atomic E-state index is 13.3. The molecule has 0 atom stereocenters. The van der Waals surface area contributed by atoms with Crippen LogP contribution >= 0.6 is 0 Å². The van der Waals surface area contributed by atoms with Crippen LogP contribution < -0.4 is 5.90 Å². The fourth-order valence-corrected chi connectivity index (χ4v) is 1.20. The van der Waals surface area contributed by atoms with E-state index in [1.165, 1.54) is 13.2 Å². The van der Waals surface area contributed by atoms with Gasteiger partial charge in [-0.05, 0) is 18.1 Å². The highest BCUT2D eigenvalue weighted by Crippen LogP contribution is 2.11. The molecular weight excluding hydrogens is 185 g/mol. The smallest absolute Gasteiger partial charge is 0.128 e. The van der Waals surface area contributed by atoms with Crippen LogP contribution in [0.15, 0.2) is 18.2 Å². The Morgan fingerprint density at radius 3 is 2.79 bits per heavy atom. The standard InChI is InChI=1S/C10H14FNO2/c1-13-7-9-3-2-8(4-5-14-12)6-10(9)11/h2-3,6H,4-5,7,12H2,1H3. The molecule has 0 spiro atoms. The van der Waals surface area contributed by atoms with Gasteiger partial charge in [0, 0.05) is 12.7 Å². The van der Waals surface area contributed by atoms with E-state index in [1.54, 1.807) is 6.07 Å². The number of benzene rings is 1. The summed E-state index contributed by atoms with van der Waals surface area (Å²) in [6.45, 7) is 0.683. The predicted octanol–water partition coefficient (Wildman–Crippen LogP) is 1.40. The molecule has 0 heterocycles. The molecule has 0 saturated heterocycles. The second kappa shape index (κ2) is 5.70. The average molecular weight is 199 g/mol. The molecule has 0 aliphatic rings. The zero-order valence-corrected chi connectivity index (χ0v) is 8.13. The summed E-state index contributed by atoms with van der Waals surface area (Å²) in [5.41, 5.74) is 1.43. The van der Waals surface area contributed by atoms with E-state index in [0.29, 0.717) is 25.2 Å². The van der Waals surface area contributed by atoms with Gasteiger partial charge in [0.2, 0.25) is 0 Å². The molecule has 0 bridgehead atoms. The Labute approximate surface area is 82.6 Å². The fraction of sp³-hybridized carbons (Fsp3) is 0.400. The Morgan fingerprint density at radius 1 is 1.43 bits per heavy atom. The molecular formula is C10H14FNO2. The molecule has 0 aliphatic heterocycles. The van der Waals surface area contributed by atoms with Gasteiger partial charge in [-0.3, -0.25) is 0 Å². The molecule has 0 fully saturated rings. The van der Waals surface area contributed by atoms with Crippen molar-refractivity contribution in [2.24, 2.45) is 5.90 Å². The van der Waals surface area contributed by atoms with Crippen molar-refractivity contribution in [1.29, 1.82) is 0 Å². The van der Waals surface area contributed by atoms with E-state index in [9.17, 15) is 4.39 Å². The van der Waals surface area contributed by atoms with Gasteiger partial charge in [-0.1, -0.05) is 12.1 Å². The van der Waals surface area contributed by atoms with Gasteiger partial charge in [-0.25, -0.2) is 10.3 Å². The Hall–Kier alpha value is -0.970. The monoisotopic (exact) mass is 199 g/mol. The van der Waals surface area contributed by atoms with Gasteiger partial charge in [-0.2, -0.15) is 0 Å². The van der Waals surface area contributed by atoms with Crippen molar-refractivity contribution in [3.05, 3.63) is 35.1 Å². The fourth-order valence-electron chi connectivity index (χ4n) is 1.20. The highest BCUT2D eigenvalue weighted by atomic mass is 19.1. The molecule has 0 aromatic heterocycles. The maximum Gasteiger partial charge on any atom is 0.128 e. The Balaban J connectivity index is 2.68. The van der Waals surface area contributed by atoms with Crippen molar-refractivity contribution < 1.29 is 14.0 Å². The molecule has 4 heteroatoms. The number of halogens is 1. The van der Waals surface area contributed by atoms with Crippen LogP contribution in [-0.2, 0) is 22.6 Å². The van der Waals surface area contributed by atoms with Gasteiger partial charge in [0.25, 0.3) is 0 Å². The zero-order valence-electron chi connectivity index (χ0n) is 8.13. The molecule has 1 rings (SSSR count). The molecule has 0 aliphatic carbocycles. The third kappa shape index (κ3) is 3.06. The third-order valence-corrected chi connectivity index (χ3v) is 1.93. The van der Waals surface area contributed by atoms with Crippen molar-refractivity contribution in [2.45, 2.75) is 13.0 Å². The van der Waals surface area contributed by atoms with E-state index in [1.807, 2.05) is 6.07 Å². The first kappa shape index (κ1) is 11.1. The van der Waals surface area contributed by atoms with Gasteiger partial charge in [0.15, 0.2) is 0 Å². The molecule has 1 aromatic carbocycles. The van der Waals surface area contributed by atoms with E-state index in [0.717, 1.165) is 5.56 Å². The molecule has 78 valence electrons. The lowest BCUT2D eigenvalue weighted by Crippen LogP contribution is -2.04. The van der Waals surface area contributed by atoms with Crippen LogP contribution in [0.2, 0.25) is 0 Å². The lowest BCUT2D eigenvalue weighted by atomic mass is 10.1. The topological polar surface area (TPSA) is 44.5 Å². The number of rotatable bonds is 5. The van der Waals surface area contributed by atoms with E-state index in [4.69, 9.17) is 10.6 Å². The van der Waals surface area contributed by atoms with E-state index in [2.05, 4.69) is 4.84 Å². The van der Waals surface area contributed by atoms with Gasteiger partial charge < -0.3 is 9.57 Å². The number of nitrogens with two attached hydrogens (primary N) is 1. The maximum atomic E-state index is 13.3. The van der Waals surface area contributed by atoms with Crippen LogP contribution in [0.3, 0.4) is 0 Å². The normalized spacial score (nSPS) is 10.5. The van der Waals surface area contributed by atoms with Crippen molar-refractivity contribution in [3.8, 4) is 0 Å². The minimum absolute atomic E-state index is 0.249. The second-order valence-electron chi connectivity index (χ2n) is 2.98. The molecule has 0 amide bonds. The molecule has 0 radical (unpaired) electrons. The minimum Gasteiger partial charge on any atom is -0.380 e. The molecule has 3 nitrogen and oxygen atoms in total. The highest BCUT2D eigenvalue weighted by molar-refractivity contribution is 5.24. The quantitative estimate of drug-likeness (QED) is 0.729. The van der Waals surface area contributed by atoms with Gasteiger partial charge in [0.05, 0.1) is 13.2 Å². The minimum atomic E-state index is -0.249. The van der Waals surface area contributed by atoms with Crippen molar-refractivity contribution in [1.82, 2.24) is 0 Å². The van der Waals surface area contributed by atoms with E-state index in [-0.39, 0.29) is 5.82 Å². The third-order valence-electron chi connectivity index (χ3n) is 1.93. The molecule has 0 unspecified atom stereocenters. The predicted molar refractivity (Wildman–Crippen MR) is 51.0 cm³/mol. The summed E-state index contributed by atoms with van der Waals surface area (Å²) in [6, 6.07) is 5.04. The summed E-state index contributed by atoms with van der Waals surface area (Å²) in [7, 11) is 1.54. The van der Waals surface area contributed by atoms with Crippen LogP contribution in [0.5, 0.6) is 0 Å². The van der Waals surface area contributed by atoms with Gasteiger partial charge in [0.1, 0.15) is 5.82 Å². The van der Waals surface area contributed by atoms with Crippen LogP contribution in [0, 0.1) is 5.82 Å². The van der Waals surface area contributed by atoms with Gasteiger partial charge >= 0.3 is 0 Å². The zero-order chi connectivity index (χ0) is 10.4. The Bertz CT molecular complexity index is 291. The largest absolute Gasteiger partial charge is 0.380 e. The molecule has 1 aromatic rings. The Kier molecular flexibility index (Phi) is 4.52. The molecule has 2 N–H and O–H groups in total. The summed E-state index contributed by atoms with van der Waals surface area (Å²) >= 11 is 0. The van der Waals surface area contributed by atoms with Crippen molar-refractivity contribution >= 4 is 0 Å². The summed E-state index contributed by atoms with van der Waals surface area (Å²) in [4.78, 5) is 4.42.